The van der Waals surface area contributed by atoms with E-state index in [2.05, 4.69) is 29.0 Å². The van der Waals surface area contributed by atoms with Crippen LogP contribution in [0.2, 0.25) is 0 Å². The highest BCUT2D eigenvalue weighted by molar-refractivity contribution is 5.99. The molecule has 2 heterocycles. The Morgan fingerprint density at radius 1 is 1.21 bits per heavy atom. The van der Waals surface area contributed by atoms with Gasteiger partial charge in [-0.2, -0.15) is 0 Å². The van der Waals surface area contributed by atoms with Crippen molar-refractivity contribution in [1.82, 2.24) is 14.8 Å². The number of nitrogens with zero attached hydrogens (tertiary/aromatic N) is 3. The third kappa shape index (κ3) is 6.55. The lowest BCUT2D eigenvalue weighted by Gasteiger charge is -2.36. The molecule has 1 aliphatic heterocycles. The Morgan fingerprint density at radius 3 is 2.62 bits per heavy atom. The van der Waals surface area contributed by atoms with E-state index in [9.17, 15) is 9.59 Å². The first-order valence-corrected chi connectivity index (χ1v) is 11.8. The molecule has 1 aromatic carbocycles. The number of nitrogens with one attached hydrogen (secondary N) is 1. The van der Waals surface area contributed by atoms with E-state index in [1.54, 1.807) is 56.6 Å². The second-order valence-corrected chi connectivity index (χ2v) is 8.99. The van der Waals surface area contributed by atoms with Crippen molar-refractivity contribution in [1.29, 1.82) is 0 Å². The molecule has 0 spiro atoms. The third-order valence-corrected chi connectivity index (χ3v) is 6.31. The zero-order chi connectivity index (χ0) is 24.7. The molecule has 0 saturated heterocycles. The number of methoxy groups -OCH3 is 1. The van der Waals surface area contributed by atoms with Gasteiger partial charge in [0, 0.05) is 64.3 Å². The lowest BCUT2D eigenvalue weighted by Crippen LogP contribution is -2.46. The quantitative estimate of drug-likeness (QED) is 0.724. The molecule has 8 heteroatoms. The van der Waals surface area contributed by atoms with Crippen LogP contribution in [0.3, 0.4) is 0 Å². The summed E-state index contributed by atoms with van der Waals surface area (Å²) in [6.45, 7) is 8.48. The first kappa shape index (κ1) is 25.6. The number of carbonyl (C=O) groups excluding carboxylic acids is 2. The van der Waals surface area contributed by atoms with Crippen LogP contribution in [0.15, 0.2) is 42.7 Å². The van der Waals surface area contributed by atoms with Crippen LogP contribution in [0.25, 0.3) is 0 Å². The minimum atomic E-state index is -0.168. The number of benzene rings is 1. The van der Waals surface area contributed by atoms with E-state index in [-0.39, 0.29) is 29.9 Å². The maximum Gasteiger partial charge on any atom is 0.257 e. The summed E-state index contributed by atoms with van der Waals surface area (Å²) in [6, 6.07) is 9.36. The fourth-order valence-corrected chi connectivity index (χ4v) is 4.12. The van der Waals surface area contributed by atoms with Crippen molar-refractivity contribution >= 4 is 17.5 Å². The fraction of sp³-hybridized carbons (Fsp3) is 0.500. The Kier molecular flexibility index (Phi) is 9.01. The van der Waals surface area contributed by atoms with E-state index >= 15 is 0 Å². The van der Waals surface area contributed by atoms with Gasteiger partial charge >= 0.3 is 0 Å². The van der Waals surface area contributed by atoms with Crippen LogP contribution < -0.4 is 10.1 Å². The van der Waals surface area contributed by atoms with E-state index in [0.29, 0.717) is 36.6 Å². The van der Waals surface area contributed by atoms with Crippen molar-refractivity contribution in [2.75, 3.05) is 39.2 Å². The molecule has 1 aliphatic rings. The zero-order valence-corrected chi connectivity index (χ0v) is 20.8. The van der Waals surface area contributed by atoms with E-state index in [4.69, 9.17) is 9.47 Å². The second-order valence-electron chi connectivity index (χ2n) is 8.99. The summed E-state index contributed by atoms with van der Waals surface area (Å²) in [6.07, 6.45) is 3.84. The number of fused-ring (bicyclic) bond motifs is 1. The van der Waals surface area contributed by atoms with Gasteiger partial charge in [-0.15, -0.1) is 0 Å². The smallest absolute Gasteiger partial charge is 0.257 e. The van der Waals surface area contributed by atoms with Crippen LogP contribution in [0.1, 0.15) is 43.1 Å². The Hall–Kier alpha value is -2.97. The van der Waals surface area contributed by atoms with Crippen molar-refractivity contribution in [2.45, 2.75) is 45.9 Å². The first-order valence-electron chi connectivity index (χ1n) is 11.8. The molecule has 0 aliphatic carbocycles. The maximum atomic E-state index is 13.4. The predicted molar refractivity (Wildman–Crippen MR) is 132 cm³/mol. The van der Waals surface area contributed by atoms with Crippen molar-refractivity contribution in [3.63, 3.8) is 0 Å². The summed E-state index contributed by atoms with van der Waals surface area (Å²) in [7, 11) is 3.46. The molecular weight excluding hydrogens is 432 g/mol. The van der Waals surface area contributed by atoms with E-state index in [1.807, 2.05) is 12.1 Å². The standard InChI is InChI=1S/C26H36N4O4/c1-6-25(31)28-21-7-8-23-22(13-21)26(32)29(4)16-24(33-5)18(2)14-30(19(3)17-34-23)15-20-9-11-27-12-10-20/h7-13,18-19,24H,6,14-17H2,1-5H3,(H,28,31)/t18-,19-,24+/m1/s1. The molecule has 0 radical (unpaired) electrons. The van der Waals surface area contributed by atoms with Crippen molar-refractivity contribution in [3.8, 4) is 5.75 Å². The Balaban J connectivity index is 1.93. The summed E-state index contributed by atoms with van der Waals surface area (Å²) in [5.74, 6) is 0.408. The van der Waals surface area contributed by atoms with Crippen LogP contribution in [0.5, 0.6) is 5.75 Å². The van der Waals surface area contributed by atoms with Gasteiger partial charge in [-0.3, -0.25) is 19.5 Å². The van der Waals surface area contributed by atoms with Gasteiger partial charge in [0.1, 0.15) is 12.4 Å². The monoisotopic (exact) mass is 468 g/mol. The minimum Gasteiger partial charge on any atom is -0.491 e. The Morgan fingerprint density at radius 2 is 1.94 bits per heavy atom. The molecule has 2 amide bonds. The molecular formula is C26H36N4O4. The molecule has 184 valence electrons. The molecule has 34 heavy (non-hydrogen) atoms. The first-order chi connectivity index (χ1) is 16.3. The van der Waals surface area contributed by atoms with Gasteiger partial charge in [-0.25, -0.2) is 0 Å². The number of hydrogen-bond acceptors (Lipinski definition) is 6. The third-order valence-electron chi connectivity index (χ3n) is 6.31. The lowest BCUT2D eigenvalue weighted by atomic mass is 10.0. The summed E-state index contributed by atoms with van der Waals surface area (Å²) in [5, 5.41) is 2.83. The molecule has 3 atom stereocenters. The number of pyridine rings is 1. The molecule has 2 aromatic rings. The molecule has 0 bridgehead atoms. The number of carbonyl (C=O) groups is 2. The van der Waals surface area contributed by atoms with Crippen LogP contribution in [0, 0.1) is 5.92 Å². The second kappa shape index (κ2) is 11.9. The highest BCUT2D eigenvalue weighted by atomic mass is 16.5. The molecule has 0 unspecified atom stereocenters. The van der Waals surface area contributed by atoms with Crippen molar-refractivity contribution in [3.05, 3.63) is 53.9 Å². The fourth-order valence-electron chi connectivity index (χ4n) is 4.12. The van der Waals surface area contributed by atoms with Crippen LogP contribution >= 0.6 is 0 Å². The SMILES string of the molecule is CCC(=O)Nc1ccc2c(c1)C(=O)N(C)C[C@H](OC)[C@H](C)CN(Cc1ccncc1)[C@H](C)CO2. The summed E-state index contributed by atoms with van der Waals surface area (Å²) >= 11 is 0. The normalized spacial score (nSPS) is 22.2. The summed E-state index contributed by atoms with van der Waals surface area (Å²) in [4.78, 5) is 33.4. The number of anilines is 1. The van der Waals surface area contributed by atoms with Crippen LogP contribution in [-0.4, -0.2) is 72.6 Å². The van der Waals surface area contributed by atoms with Gasteiger partial charge in [0.2, 0.25) is 5.91 Å². The largest absolute Gasteiger partial charge is 0.491 e. The molecule has 1 N–H and O–H groups in total. The minimum absolute atomic E-state index is 0.0905. The van der Waals surface area contributed by atoms with Crippen molar-refractivity contribution in [2.24, 2.45) is 5.92 Å². The topological polar surface area (TPSA) is 84.0 Å². The molecule has 1 aromatic heterocycles. The Labute approximate surface area is 202 Å². The summed E-state index contributed by atoms with van der Waals surface area (Å²) in [5.41, 5.74) is 2.18. The number of hydrogen-bond donors (Lipinski definition) is 1. The van der Waals surface area contributed by atoms with Gasteiger partial charge in [-0.05, 0) is 48.7 Å². The van der Waals surface area contributed by atoms with E-state index in [0.717, 1.165) is 13.1 Å². The van der Waals surface area contributed by atoms with Gasteiger partial charge in [-0.1, -0.05) is 13.8 Å². The number of ether oxygens (including phenoxy) is 2. The number of likely N-dealkylation sites (N-methyl/N-ethyl adjacent to an activating group) is 1. The predicted octanol–water partition coefficient (Wildman–Crippen LogP) is 3.44. The number of rotatable bonds is 5. The van der Waals surface area contributed by atoms with Crippen LogP contribution in [0.4, 0.5) is 5.69 Å². The van der Waals surface area contributed by atoms with Gasteiger partial charge < -0.3 is 19.7 Å². The average Bonchev–Trinajstić information content (AvgIpc) is 2.85. The highest BCUT2D eigenvalue weighted by Gasteiger charge is 2.28. The average molecular weight is 469 g/mol. The number of aromatic nitrogens is 1. The van der Waals surface area contributed by atoms with Crippen molar-refractivity contribution < 1.29 is 19.1 Å². The van der Waals surface area contributed by atoms with E-state index < -0.39 is 0 Å². The van der Waals surface area contributed by atoms with Gasteiger partial charge in [0.05, 0.1) is 11.7 Å². The summed E-state index contributed by atoms with van der Waals surface area (Å²) < 4.78 is 12.0. The maximum absolute atomic E-state index is 13.4. The molecule has 3 rings (SSSR count). The number of amides is 2. The molecule has 0 fully saturated rings. The van der Waals surface area contributed by atoms with Crippen LogP contribution in [-0.2, 0) is 16.1 Å². The van der Waals surface area contributed by atoms with Gasteiger partial charge in [0.15, 0.2) is 0 Å². The lowest BCUT2D eigenvalue weighted by molar-refractivity contribution is -0.115. The zero-order valence-electron chi connectivity index (χ0n) is 20.8. The van der Waals surface area contributed by atoms with E-state index in [1.165, 1.54) is 5.56 Å². The highest BCUT2D eigenvalue weighted by Crippen LogP contribution is 2.27. The Bertz CT molecular complexity index is 969. The molecule has 0 saturated carbocycles. The van der Waals surface area contributed by atoms with Gasteiger partial charge in [0.25, 0.3) is 5.91 Å². The molecule has 8 nitrogen and oxygen atoms in total.